The molecule has 1 N–H and O–H groups in total. The van der Waals surface area contributed by atoms with Crippen LogP contribution in [0.3, 0.4) is 0 Å². The van der Waals surface area contributed by atoms with Gasteiger partial charge in [0, 0.05) is 11.6 Å². The minimum Gasteiger partial charge on any atom is -0.319 e. The van der Waals surface area contributed by atoms with Gasteiger partial charge in [0.05, 0.1) is 11.5 Å². The summed E-state index contributed by atoms with van der Waals surface area (Å²) >= 11 is 0. The number of para-hydroxylation sites is 1. The molecular formula is C18H17N3O4. The molecule has 0 aromatic heterocycles. The Balaban J connectivity index is 1.96. The summed E-state index contributed by atoms with van der Waals surface area (Å²) in [7, 11) is 0. The highest BCUT2D eigenvalue weighted by atomic mass is 16.6. The highest BCUT2D eigenvalue weighted by molar-refractivity contribution is 6.07. The van der Waals surface area contributed by atoms with Crippen molar-refractivity contribution in [1.82, 2.24) is 10.2 Å². The number of hydrogen-bond donors (Lipinski definition) is 1. The van der Waals surface area contributed by atoms with Crippen LogP contribution in [0.1, 0.15) is 24.5 Å². The Bertz CT molecular complexity index is 837. The predicted molar refractivity (Wildman–Crippen MR) is 90.6 cm³/mol. The molecule has 2 aromatic carbocycles. The number of urea groups is 1. The second-order valence-corrected chi connectivity index (χ2v) is 5.83. The number of benzene rings is 2. The summed E-state index contributed by atoms with van der Waals surface area (Å²) in [4.78, 5) is 37.2. The van der Waals surface area contributed by atoms with Crippen LogP contribution in [-0.4, -0.2) is 21.8 Å². The molecule has 7 heteroatoms. The van der Waals surface area contributed by atoms with Crippen LogP contribution < -0.4 is 5.32 Å². The summed E-state index contributed by atoms with van der Waals surface area (Å²) in [5.41, 5.74) is -0.240. The zero-order valence-electron chi connectivity index (χ0n) is 13.6. The van der Waals surface area contributed by atoms with Crippen molar-refractivity contribution >= 4 is 17.6 Å². The summed E-state index contributed by atoms with van der Waals surface area (Å²) in [5.74, 6) is -0.399. The number of hydrogen-bond acceptors (Lipinski definition) is 4. The van der Waals surface area contributed by atoms with Crippen LogP contribution in [0.5, 0.6) is 0 Å². The molecule has 0 aliphatic carbocycles. The van der Waals surface area contributed by atoms with E-state index in [0.717, 1.165) is 4.90 Å². The van der Waals surface area contributed by atoms with E-state index in [2.05, 4.69) is 5.32 Å². The van der Waals surface area contributed by atoms with E-state index in [1.54, 1.807) is 42.5 Å². The number of nitro benzene ring substituents is 1. The normalized spacial score (nSPS) is 19.8. The highest BCUT2D eigenvalue weighted by Gasteiger charge is 2.51. The van der Waals surface area contributed by atoms with E-state index >= 15 is 0 Å². The van der Waals surface area contributed by atoms with Gasteiger partial charge >= 0.3 is 6.03 Å². The lowest BCUT2D eigenvalue weighted by molar-refractivity contribution is -0.385. The van der Waals surface area contributed by atoms with Crippen LogP contribution in [0.15, 0.2) is 54.6 Å². The van der Waals surface area contributed by atoms with E-state index in [1.165, 1.54) is 6.07 Å². The molecule has 3 rings (SSSR count). The maximum absolute atomic E-state index is 13.0. The Morgan fingerprint density at radius 3 is 2.36 bits per heavy atom. The Morgan fingerprint density at radius 2 is 1.72 bits per heavy atom. The predicted octanol–water partition coefficient (Wildman–Crippen LogP) is 2.95. The first-order valence-electron chi connectivity index (χ1n) is 7.91. The minimum atomic E-state index is -1.14. The molecule has 3 amide bonds. The molecule has 1 atom stereocenters. The molecule has 1 heterocycles. The number of imide groups is 1. The molecule has 2 aromatic rings. The fourth-order valence-electron chi connectivity index (χ4n) is 3.12. The molecule has 1 fully saturated rings. The summed E-state index contributed by atoms with van der Waals surface area (Å²) in [5, 5.41) is 13.9. The molecule has 1 unspecified atom stereocenters. The van der Waals surface area contributed by atoms with Crippen molar-refractivity contribution in [2.24, 2.45) is 0 Å². The van der Waals surface area contributed by atoms with E-state index < -0.39 is 22.4 Å². The highest BCUT2D eigenvalue weighted by Crippen LogP contribution is 2.33. The molecule has 1 aliphatic rings. The Morgan fingerprint density at radius 1 is 1.08 bits per heavy atom. The lowest BCUT2D eigenvalue weighted by Crippen LogP contribution is -2.43. The zero-order chi connectivity index (χ0) is 18.0. The molecule has 0 bridgehead atoms. The van der Waals surface area contributed by atoms with Crippen molar-refractivity contribution in [3.63, 3.8) is 0 Å². The van der Waals surface area contributed by atoms with Crippen LogP contribution in [0.4, 0.5) is 10.5 Å². The topological polar surface area (TPSA) is 92.6 Å². The van der Waals surface area contributed by atoms with Gasteiger partial charge in [-0.3, -0.25) is 19.8 Å². The second kappa shape index (κ2) is 6.35. The molecular weight excluding hydrogens is 322 g/mol. The molecule has 7 nitrogen and oxygen atoms in total. The standard InChI is InChI=1S/C18H17N3O4/c1-2-18(14-9-4-3-5-10-14)16(22)20(17(23)19-18)12-13-8-6-7-11-15(13)21(24)25/h3-11H,2,12H2,1H3,(H,19,23). The summed E-state index contributed by atoms with van der Waals surface area (Å²) < 4.78 is 0. The van der Waals surface area contributed by atoms with Gasteiger partial charge in [0.2, 0.25) is 0 Å². The quantitative estimate of drug-likeness (QED) is 0.515. The summed E-state index contributed by atoms with van der Waals surface area (Å²) in [6.45, 7) is 1.68. The summed E-state index contributed by atoms with van der Waals surface area (Å²) in [6, 6.07) is 14.6. The largest absolute Gasteiger partial charge is 0.325 e. The average molecular weight is 339 g/mol. The number of rotatable bonds is 5. The van der Waals surface area contributed by atoms with Crippen molar-refractivity contribution < 1.29 is 14.5 Å². The SMILES string of the molecule is CCC1(c2ccccc2)NC(=O)N(Cc2ccccc2[N+](=O)[O-])C1=O. The molecule has 0 saturated carbocycles. The number of carbonyl (C=O) groups is 2. The maximum Gasteiger partial charge on any atom is 0.325 e. The molecule has 1 saturated heterocycles. The second-order valence-electron chi connectivity index (χ2n) is 5.83. The van der Waals surface area contributed by atoms with Crippen molar-refractivity contribution in [3.8, 4) is 0 Å². The van der Waals surface area contributed by atoms with Crippen molar-refractivity contribution in [3.05, 3.63) is 75.8 Å². The van der Waals surface area contributed by atoms with E-state index in [1.807, 2.05) is 13.0 Å². The van der Waals surface area contributed by atoms with Crippen molar-refractivity contribution in [2.45, 2.75) is 25.4 Å². The van der Waals surface area contributed by atoms with E-state index in [0.29, 0.717) is 17.5 Å². The van der Waals surface area contributed by atoms with Crippen molar-refractivity contribution in [1.29, 1.82) is 0 Å². The number of nitro groups is 1. The van der Waals surface area contributed by atoms with Gasteiger partial charge in [-0.1, -0.05) is 55.5 Å². The molecule has 0 radical (unpaired) electrons. The van der Waals surface area contributed by atoms with Crippen LogP contribution in [0.25, 0.3) is 0 Å². The van der Waals surface area contributed by atoms with Crippen LogP contribution >= 0.6 is 0 Å². The van der Waals surface area contributed by atoms with Gasteiger partial charge in [-0.25, -0.2) is 4.79 Å². The van der Waals surface area contributed by atoms with Gasteiger partial charge in [0.25, 0.3) is 11.6 Å². The van der Waals surface area contributed by atoms with Gasteiger partial charge in [-0.15, -0.1) is 0 Å². The molecule has 128 valence electrons. The van der Waals surface area contributed by atoms with Crippen LogP contribution in [0, 0.1) is 10.1 Å². The van der Waals surface area contributed by atoms with Gasteiger partial charge < -0.3 is 5.32 Å². The van der Waals surface area contributed by atoms with Crippen LogP contribution in [-0.2, 0) is 16.9 Å². The minimum absolute atomic E-state index is 0.114. The van der Waals surface area contributed by atoms with Crippen LogP contribution in [0.2, 0.25) is 0 Å². The Kier molecular flexibility index (Phi) is 4.22. The van der Waals surface area contributed by atoms with E-state index in [4.69, 9.17) is 0 Å². The first-order chi connectivity index (χ1) is 12.0. The monoisotopic (exact) mass is 339 g/mol. The first-order valence-corrected chi connectivity index (χ1v) is 7.91. The summed E-state index contributed by atoms with van der Waals surface area (Å²) in [6.07, 6.45) is 0.384. The number of nitrogens with zero attached hydrogens (tertiary/aromatic N) is 2. The van der Waals surface area contributed by atoms with E-state index in [-0.39, 0.29) is 12.2 Å². The number of nitrogens with one attached hydrogen (secondary N) is 1. The smallest absolute Gasteiger partial charge is 0.319 e. The van der Waals surface area contributed by atoms with Gasteiger partial charge in [0.15, 0.2) is 0 Å². The Hall–Kier alpha value is -3.22. The van der Waals surface area contributed by atoms with Gasteiger partial charge in [0.1, 0.15) is 5.54 Å². The first kappa shape index (κ1) is 16.6. The lowest BCUT2D eigenvalue weighted by Gasteiger charge is -2.25. The fourth-order valence-corrected chi connectivity index (χ4v) is 3.12. The molecule has 0 spiro atoms. The molecule has 1 aliphatic heterocycles. The number of carbonyl (C=O) groups excluding carboxylic acids is 2. The third-order valence-electron chi connectivity index (χ3n) is 4.49. The molecule has 25 heavy (non-hydrogen) atoms. The van der Waals surface area contributed by atoms with E-state index in [9.17, 15) is 19.7 Å². The lowest BCUT2D eigenvalue weighted by atomic mass is 9.87. The third kappa shape index (κ3) is 2.73. The fraction of sp³-hybridized carbons (Fsp3) is 0.222. The average Bonchev–Trinajstić information content (AvgIpc) is 2.88. The van der Waals surface area contributed by atoms with Gasteiger partial charge in [-0.05, 0) is 12.0 Å². The Labute approximate surface area is 144 Å². The maximum atomic E-state index is 13.0. The van der Waals surface area contributed by atoms with Gasteiger partial charge in [-0.2, -0.15) is 0 Å². The van der Waals surface area contributed by atoms with Crippen molar-refractivity contribution in [2.75, 3.05) is 0 Å². The number of amides is 3. The third-order valence-corrected chi connectivity index (χ3v) is 4.49. The zero-order valence-corrected chi connectivity index (χ0v) is 13.6.